The van der Waals surface area contributed by atoms with Crippen LogP contribution in [0.1, 0.15) is 55.4 Å². The first-order chi connectivity index (χ1) is 24.6. The van der Waals surface area contributed by atoms with Crippen LogP contribution in [0.15, 0.2) is 0 Å². The molecule has 0 amide bonds. The first-order valence-electron chi connectivity index (χ1n) is 18.2. The minimum Gasteiger partial charge on any atom is -0.463 e. The van der Waals surface area contributed by atoms with Crippen LogP contribution in [-0.4, -0.2) is 142 Å². The molecule has 0 aliphatic carbocycles. The number of rotatable bonds is 7. The number of aliphatic hydroxyl groups excluding tert-OH is 1. The number of carbonyl (C=O) groups is 3. The van der Waals surface area contributed by atoms with Crippen molar-refractivity contribution < 1.29 is 80.7 Å². The number of hydrogen-bond donors (Lipinski definition) is 1. The molecule has 8 fully saturated rings. The Kier molecular flexibility index (Phi) is 12.5. The number of aliphatic hydroxyl groups is 1. The van der Waals surface area contributed by atoms with E-state index in [0.29, 0.717) is 13.2 Å². The van der Waals surface area contributed by atoms with Gasteiger partial charge in [0.15, 0.2) is 25.0 Å². The lowest BCUT2D eigenvalue weighted by molar-refractivity contribution is -0.302. The van der Waals surface area contributed by atoms with Gasteiger partial charge in [-0.2, -0.15) is 0 Å². The second-order valence-electron chi connectivity index (χ2n) is 15.0. The summed E-state index contributed by atoms with van der Waals surface area (Å²) in [4.78, 5) is 33.5. The average molecular weight is 749 g/mol. The molecule has 296 valence electrons. The van der Waals surface area contributed by atoms with Gasteiger partial charge in [-0.05, 0) is 17.8 Å². The molecule has 0 aromatic carbocycles. The number of fused-ring (bicyclic) bond motifs is 8. The van der Waals surface area contributed by atoms with Crippen molar-refractivity contribution in [1.29, 1.82) is 0 Å². The van der Waals surface area contributed by atoms with E-state index >= 15 is 0 Å². The van der Waals surface area contributed by atoms with Crippen LogP contribution in [0.2, 0.25) is 0 Å². The molecule has 0 aromatic rings. The summed E-state index contributed by atoms with van der Waals surface area (Å²) in [7, 11) is 0. The van der Waals surface area contributed by atoms with Crippen molar-refractivity contribution in [3.05, 3.63) is 0 Å². The van der Waals surface area contributed by atoms with Crippen molar-refractivity contribution in [2.45, 2.75) is 148 Å². The Morgan fingerprint density at radius 3 is 1.77 bits per heavy atom. The van der Waals surface area contributed by atoms with Gasteiger partial charge in [0.1, 0.15) is 62.0 Å². The topological polar surface area (TPSA) is 189 Å². The lowest BCUT2D eigenvalue weighted by Gasteiger charge is -2.44. The second kappa shape index (κ2) is 16.4. The van der Waals surface area contributed by atoms with E-state index in [1.807, 2.05) is 34.6 Å². The maximum atomic E-state index is 13.4. The van der Waals surface area contributed by atoms with Crippen molar-refractivity contribution in [2.24, 2.45) is 29.6 Å². The summed E-state index contributed by atoms with van der Waals surface area (Å²) in [5.41, 5.74) is 0. The average Bonchev–Trinajstić information content (AvgIpc) is 4.00. The molecule has 8 aliphatic heterocycles. The van der Waals surface area contributed by atoms with E-state index in [1.54, 1.807) is 0 Å². The zero-order chi connectivity index (χ0) is 37.6. The molecule has 8 aliphatic rings. The highest BCUT2D eigenvalue weighted by Gasteiger charge is 2.64. The van der Waals surface area contributed by atoms with Crippen LogP contribution >= 0.6 is 0 Å². The molecule has 0 spiro atoms. The van der Waals surface area contributed by atoms with Gasteiger partial charge >= 0.3 is 17.9 Å². The van der Waals surface area contributed by atoms with Gasteiger partial charge in [-0.15, -0.1) is 0 Å². The number of halogens is 1. The zero-order valence-electron chi connectivity index (χ0n) is 30.8. The third-order valence-electron chi connectivity index (χ3n) is 11.5. The third kappa shape index (κ3) is 8.74. The van der Waals surface area contributed by atoms with Crippen LogP contribution in [0.3, 0.4) is 0 Å². The van der Waals surface area contributed by atoms with Gasteiger partial charge in [0.25, 0.3) is 0 Å². The van der Waals surface area contributed by atoms with Crippen LogP contribution in [-0.2, 0) is 71.2 Å². The summed E-state index contributed by atoms with van der Waals surface area (Å²) >= 11 is 0. The molecule has 0 saturated carbocycles. The molecule has 1 N–H and O–H groups in total. The molecule has 4 bridgehead atoms. The summed E-state index contributed by atoms with van der Waals surface area (Å²) in [6.45, 7) is 15.1. The number of carbonyl (C=O) groups excluding carboxylic acids is 3. The fourth-order valence-electron chi connectivity index (χ4n) is 7.54. The SMILES string of the molecule is CC(=O)OCC1O[C@@H](F)C(C)[C@@H](C)[C@@H]1C.CC(=O)OCC1O[C@@H](O[C@@H]2C3CO[C@H](O3)C3O[C@@H]32)C(OC(C)=O)[C@@H](C)[C@@H]1C.O[C@@H]1C2CO[C@H](O2)C2O[C@@H]21. The van der Waals surface area contributed by atoms with E-state index in [2.05, 4.69) is 0 Å². The Hall–Kier alpha value is -2.06. The molecule has 8 saturated heterocycles. The van der Waals surface area contributed by atoms with Crippen molar-refractivity contribution >= 4 is 17.9 Å². The Bertz CT molecular complexity index is 1270. The first kappa shape index (κ1) is 39.6. The van der Waals surface area contributed by atoms with Gasteiger partial charge in [0.2, 0.25) is 6.36 Å². The number of ether oxygens (including phenoxy) is 12. The van der Waals surface area contributed by atoms with E-state index in [1.165, 1.54) is 20.8 Å². The fourth-order valence-corrected chi connectivity index (χ4v) is 7.54. The molecule has 20 atom stereocenters. The monoisotopic (exact) mass is 748 g/mol. The van der Waals surface area contributed by atoms with Gasteiger partial charge in [-0.1, -0.05) is 34.6 Å². The van der Waals surface area contributed by atoms with E-state index < -0.39 is 30.8 Å². The molecule has 16 nitrogen and oxygen atoms in total. The lowest BCUT2D eigenvalue weighted by Crippen LogP contribution is -2.56. The Balaban J connectivity index is 0.000000154. The number of hydrogen-bond acceptors (Lipinski definition) is 16. The van der Waals surface area contributed by atoms with Crippen molar-refractivity contribution in [3.8, 4) is 0 Å². The Labute approximate surface area is 302 Å². The van der Waals surface area contributed by atoms with E-state index in [-0.39, 0.29) is 122 Å². The van der Waals surface area contributed by atoms with Crippen molar-refractivity contribution in [1.82, 2.24) is 0 Å². The van der Waals surface area contributed by atoms with Gasteiger partial charge in [0, 0.05) is 32.6 Å². The van der Waals surface area contributed by atoms with Crippen molar-refractivity contribution in [3.63, 3.8) is 0 Å². The highest BCUT2D eigenvalue weighted by atomic mass is 19.1. The third-order valence-corrected chi connectivity index (χ3v) is 11.5. The highest BCUT2D eigenvalue weighted by Crippen LogP contribution is 2.45. The van der Waals surface area contributed by atoms with Crippen LogP contribution in [0, 0.1) is 29.6 Å². The summed E-state index contributed by atoms with van der Waals surface area (Å²) in [6, 6.07) is 0. The van der Waals surface area contributed by atoms with Gasteiger partial charge in [0.05, 0.1) is 25.4 Å². The smallest absolute Gasteiger partial charge is 0.303 e. The maximum absolute atomic E-state index is 13.4. The summed E-state index contributed by atoms with van der Waals surface area (Å²) in [5, 5.41) is 9.38. The minimum absolute atomic E-state index is 0.000253. The zero-order valence-corrected chi connectivity index (χ0v) is 30.8. The predicted molar refractivity (Wildman–Crippen MR) is 170 cm³/mol. The molecule has 52 heavy (non-hydrogen) atoms. The lowest BCUT2D eigenvalue weighted by atomic mass is 9.79. The molecular formula is C35H53FO16. The second-order valence-corrected chi connectivity index (χ2v) is 15.0. The largest absolute Gasteiger partial charge is 0.463 e. The van der Waals surface area contributed by atoms with Crippen LogP contribution in [0.5, 0.6) is 0 Å². The Morgan fingerprint density at radius 2 is 1.15 bits per heavy atom. The number of esters is 3. The standard InChI is InChI=1S/C18H26O9.C11H19FO3.C6H8O4/c1-7-8(2)13(23-10(4)20)18(24-11(7)5-21-9(3)19)27-14-12-6-22-17(25-12)16-15(14)26-16;1-6-7(2)10(5-14-9(4)13)15-11(12)8(6)3;7-3-2-1-8-6(9-2)5-4(3)10-5/h7-8,11-18H,5-6H2,1-4H3;6-8,10-11H,5H2,1-4H3;2-7H,1H2/t7-,8-,11?,12?,13?,14+,15+,16?,17+,18-;6-,7-,8?,10?,11+;2?,3-,4-,5?,6-/m001/s1. The normalized spacial score (nSPS) is 49.0. The first-order valence-corrected chi connectivity index (χ1v) is 18.2. The molecule has 17 heteroatoms. The minimum atomic E-state index is -1.25. The van der Waals surface area contributed by atoms with E-state index in [0.717, 1.165) is 0 Å². The molecule has 0 radical (unpaired) electrons. The number of epoxide rings is 2. The number of alkyl halides is 1. The fraction of sp³-hybridized carbons (Fsp3) is 0.914. The summed E-state index contributed by atoms with van der Waals surface area (Å²) in [5.74, 6) is -0.857. The van der Waals surface area contributed by atoms with E-state index in [4.69, 9.17) is 56.8 Å². The quantitative estimate of drug-likeness (QED) is 0.223. The molecule has 8 heterocycles. The summed E-state index contributed by atoms with van der Waals surface area (Å²) in [6.07, 6.45) is -5.33. The molecule has 8 rings (SSSR count). The van der Waals surface area contributed by atoms with Crippen LogP contribution in [0.4, 0.5) is 4.39 Å². The molecule has 8 unspecified atom stereocenters. The van der Waals surface area contributed by atoms with E-state index in [9.17, 15) is 23.9 Å². The van der Waals surface area contributed by atoms with Gasteiger partial charge in [-0.3, -0.25) is 14.4 Å². The van der Waals surface area contributed by atoms with Crippen LogP contribution in [0.25, 0.3) is 0 Å². The summed E-state index contributed by atoms with van der Waals surface area (Å²) < 4.78 is 78.9. The highest BCUT2D eigenvalue weighted by molar-refractivity contribution is 5.66. The van der Waals surface area contributed by atoms with Crippen LogP contribution < -0.4 is 0 Å². The predicted octanol–water partition coefficient (Wildman–Crippen LogP) is 1.41. The van der Waals surface area contributed by atoms with Gasteiger partial charge in [-0.25, -0.2) is 4.39 Å². The molecular weight excluding hydrogens is 695 g/mol. The van der Waals surface area contributed by atoms with Gasteiger partial charge < -0.3 is 61.9 Å². The maximum Gasteiger partial charge on any atom is 0.303 e. The Morgan fingerprint density at radius 1 is 0.615 bits per heavy atom. The molecule has 0 aromatic heterocycles. The van der Waals surface area contributed by atoms with Crippen molar-refractivity contribution in [2.75, 3.05) is 26.4 Å².